The standard InChI is InChI=1S/C19H24N2O3S/c1-13-7-10-17(11-8-13)21(25(5,23)24)16(4)19(22)20-18-12-14(2)6-9-15(18)3/h6-12,16H,1-5H3,(H,20,22)/t16-/m1/s1. The van der Waals surface area contributed by atoms with Gasteiger partial charge in [-0.05, 0) is 57.0 Å². The third kappa shape index (κ3) is 4.60. The van der Waals surface area contributed by atoms with Crippen LogP contribution in [-0.4, -0.2) is 26.6 Å². The number of nitrogens with one attached hydrogen (secondary N) is 1. The summed E-state index contributed by atoms with van der Waals surface area (Å²) in [5.74, 6) is -0.375. The van der Waals surface area contributed by atoms with Crippen LogP contribution in [-0.2, 0) is 14.8 Å². The van der Waals surface area contributed by atoms with Crippen LogP contribution < -0.4 is 9.62 Å². The van der Waals surface area contributed by atoms with E-state index in [1.54, 1.807) is 19.1 Å². The Kier molecular flexibility index (Phi) is 5.52. The molecule has 0 aliphatic heterocycles. The lowest BCUT2D eigenvalue weighted by atomic mass is 10.1. The Labute approximate surface area is 149 Å². The number of aryl methyl sites for hydroxylation is 3. The number of anilines is 2. The lowest BCUT2D eigenvalue weighted by Gasteiger charge is -2.28. The fourth-order valence-corrected chi connectivity index (χ4v) is 3.78. The second-order valence-electron chi connectivity index (χ2n) is 6.38. The molecule has 1 N–H and O–H groups in total. The maximum atomic E-state index is 12.7. The molecule has 25 heavy (non-hydrogen) atoms. The van der Waals surface area contributed by atoms with Crippen molar-refractivity contribution in [2.75, 3.05) is 15.9 Å². The highest BCUT2D eigenvalue weighted by molar-refractivity contribution is 7.92. The van der Waals surface area contributed by atoms with Crippen molar-refractivity contribution >= 4 is 27.3 Å². The molecular formula is C19H24N2O3S. The normalized spacial score (nSPS) is 12.5. The molecule has 0 fully saturated rings. The summed E-state index contributed by atoms with van der Waals surface area (Å²) in [6.07, 6.45) is 1.11. The summed E-state index contributed by atoms with van der Waals surface area (Å²) >= 11 is 0. The molecule has 134 valence electrons. The van der Waals surface area contributed by atoms with Crippen LogP contribution in [0.15, 0.2) is 42.5 Å². The van der Waals surface area contributed by atoms with Crippen LogP contribution >= 0.6 is 0 Å². The minimum absolute atomic E-state index is 0.375. The van der Waals surface area contributed by atoms with Gasteiger partial charge >= 0.3 is 0 Å². The third-order valence-electron chi connectivity index (χ3n) is 4.03. The Bertz CT molecular complexity index is 874. The fraction of sp³-hybridized carbons (Fsp3) is 0.316. The van der Waals surface area contributed by atoms with Gasteiger partial charge in [-0.2, -0.15) is 0 Å². The number of amides is 1. The van der Waals surface area contributed by atoms with Gasteiger partial charge in [-0.3, -0.25) is 9.10 Å². The van der Waals surface area contributed by atoms with Crippen LogP contribution in [0.3, 0.4) is 0 Å². The molecule has 2 rings (SSSR count). The van der Waals surface area contributed by atoms with E-state index in [9.17, 15) is 13.2 Å². The number of rotatable bonds is 5. The first-order chi connectivity index (χ1) is 11.6. The SMILES string of the molecule is Cc1ccc(N([C@H](C)C(=O)Nc2cc(C)ccc2C)S(C)(=O)=O)cc1. The second kappa shape index (κ2) is 7.27. The van der Waals surface area contributed by atoms with Crippen molar-refractivity contribution in [3.8, 4) is 0 Å². The molecule has 5 nitrogen and oxygen atoms in total. The third-order valence-corrected chi connectivity index (χ3v) is 5.27. The molecule has 0 aliphatic rings. The van der Waals surface area contributed by atoms with Crippen molar-refractivity contribution in [3.05, 3.63) is 59.2 Å². The molecule has 2 aromatic rings. The number of hydrogen-bond acceptors (Lipinski definition) is 3. The van der Waals surface area contributed by atoms with E-state index in [1.807, 2.05) is 51.1 Å². The minimum Gasteiger partial charge on any atom is -0.324 e. The number of benzene rings is 2. The maximum Gasteiger partial charge on any atom is 0.248 e. The van der Waals surface area contributed by atoms with Crippen molar-refractivity contribution in [1.29, 1.82) is 0 Å². The highest BCUT2D eigenvalue weighted by Crippen LogP contribution is 2.23. The summed E-state index contributed by atoms with van der Waals surface area (Å²) in [6.45, 7) is 7.34. The molecule has 0 aliphatic carbocycles. The first-order valence-corrected chi connectivity index (χ1v) is 9.88. The molecule has 0 saturated heterocycles. The zero-order valence-corrected chi connectivity index (χ0v) is 16.0. The van der Waals surface area contributed by atoms with Gasteiger partial charge in [0.2, 0.25) is 15.9 Å². The molecule has 1 amide bonds. The number of carbonyl (C=O) groups is 1. The van der Waals surface area contributed by atoms with E-state index in [0.717, 1.165) is 27.3 Å². The molecule has 0 aromatic heterocycles. The molecule has 0 saturated carbocycles. The van der Waals surface area contributed by atoms with Gasteiger partial charge in [0.25, 0.3) is 0 Å². The highest BCUT2D eigenvalue weighted by atomic mass is 32.2. The Balaban J connectivity index is 2.33. The largest absolute Gasteiger partial charge is 0.324 e. The summed E-state index contributed by atoms with van der Waals surface area (Å²) in [5.41, 5.74) is 4.12. The van der Waals surface area contributed by atoms with Gasteiger partial charge in [0.05, 0.1) is 11.9 Å². The van der Waals surface area contributed by atoms with E-state index >= 15 is 0 Å². The van der Waals surface area contributed by atoms with Crippen molar-refractivity contribution in [2.24, 2.45) is 0 Å². The molecule has 0 bridgehead atoms. The highest BCUT2D eigenvalue weighted by Gasteiger charge is 2.29. The number of carbonyl (C=O) groups excluding carboxylic acids is 1. The Hall–Kier alpha value is -2.34. The van der Waals surface area contributed by atoms with E-state index in [1.165, 1.54) is 0 Å². The zero-order valence-electron chi connectivity index (χ0n) is 15.2. The van der Waals surface area contributed by atoms with Crippen molar-refractivity contribution in [1.82, 2.24) is 0 Å². The average Bonchev–Trinajstić information content (AvgIpc) is 2.51. The molecule has 0 radical (unpaired) electrons. The summed E-state index contributed by atoms with van der Waals surface area (Å²) in [7, 11) is -3.61. The maximum absolute atomic E-state index is 12.7. The van der Waals surface area contributed by atoms with Crippen LogP contribution in [0.25, 0.3) is 0 Å². The predicted molar refractivity (Wildman–Crippen MR) is 103 cm³/mol. The Morgan fingerprint density at radius 1 is 1.00 bits per heavy atom. The number of nitrogens with zero attached hydrogens (tertiary/aromatic N) is 1. The quantitative estimate of drug-likeness (QED) is 0.888. The first kappa shape index (κ1) is 19.0. The fourth-order valence-electron chi connectivity index (χ4n) is 2.61. The summed E-state index contributed by atoms with van der Waals surface area (Å²) in [5, 5.41) is 2.84. The van der Waals surface area contributed by atoms with E-state index in [4.69, 9.17) is 0 Å². The second-order valence-corrected chi connectivity index (χ2v) is 8.24. The number of sulfonamides is 1. The van der Waals surface area contributed by atoms with Gasteiger partial charge < -0.3 is 5.32 Å². The van der Waals surface area contributed by atoms with Crippen LogP contribution in [0, 0.1) is 20.8 Å². The zero-order chi connectivity index (χ0) is 18.8. The van der Waals surface area contributed by atoms with E-state index in [-0.39, 0.29) is 5.91 Å². The van der Waals surface area contributed by atoms with Crippen LogP contribution in [0.4, 0.5) is 11.4 Å². The molecule has 0 unspecified atom stereocenters. The lowest BCUT2D eigenvalue weighted by molar-refractivity contribution is -0.116. The number of hydrogen-bond donors (Lipinski definition) is 1. The van der Waals surface area contributed by atoms with Crippen molar-refractivity contribution in [2.45, 2.75) is 33.7 Å². The summed E-state index contributed by atoms with van der Waals surface area (Å²) in [6, 6.07) is 11.9. The molecular weight excluding hydrogens is 336 g/mol. The van der Waals surface area contributed by atoms with Crippen molar-refractivity contribution < 1.29 is 13.2 Å². The van der Waals surface area contributed by atoms with Gasteiger partial charge in [0.15, 0.2) is 0 Å². The molecule has 2 aromatic carbocycles. The van der Waals surface area contributed by atoms with Gasteiger partial charge in [-0.1, -0.05) is 29.8 Å². The molecule has 1 atom stereocenters. The summed E-state index contributed by atoms with van der Waals surface area (Å²) < 4.78 is 25.7. The summed E-state index contributed by atoms with van der Waals surface area (Å²) in [4.78, 5) is 12.7. The first-order valence-electron chi connectivity index (χ1n) is 8.04. The molecule has 6 heteroatoms. The van der Waals surface area contributed by atoms with Crippen LogP contribution in [0.5, 0.6) is 0 Å². The van der Waals surface area contributed by atoms with Gasteiger partial charge in [0.1, 0.15) is 6.04 Å². The van der Waals surface area contributed by atoms with Gasteiger partial charge in [-0.15, -0.1) is 0 Å². The van der Waals surface area contributed by atoms with E-state index in [0.29, 0.717) is 11.4 Å². The predicted octanol–water partition coefficient (Wildman–Crippen LogP) is 3.41. The van der Waals surface area contributed by atoms with E-state index < -0.39 is 16.1 Å². The van der Waals surface area contributed by atoms with Crippen molar-refractivity contribution in [3.63, 3.8) is 0 Å². The monoisotopic (exact) mass is 360 g/mol. The van der Waals surface area contributed by atoms with Crippen LogP contribution in [0.2, 0.25) is 0 Å². The minimum atomic E-state index is -3.61. The average molecular weight is 360 g/mol. The van der Waals surface area contributed by atoms with Gasteiger partial charge in [0, 0.05) is 5.69 Å². The van der Waals surface area contributed by atoms with E-state index in [2.05, 4.69) is 5.32 Å². The topological polar surface area (TPSA) is 66.5 Å². The lowest BCUT2D eigenvalue weighted by Crippen LogP contribution is -2.45. The Morgan fingerprint density at radius 2 is 1.56 bits per heavy atom. The Morgan fingerprint density at radius 3 is 2.12 bits per heavy atom. The molecule has 0 heterocycles. The smallest absolute Gasteiger partial charge is 0.248 e. The van der Waals surface area contributed by atoms with Crippen LogP contribution in [0.1, 0.15) is 23.6 Å². The van der Waals surface area contributed by atoms with Gasteiger partial charge in [-0.25, -0.2) is 8.42 Å². The molecule has 0 spiro atoms.